The average Bonchev–Trinajstić information content (AvgIpc) is 2.81. The number of nitrogens with zero attached hydrogens (tertiary/aromatic N) is 3. The third kappa shape index (κ3) is 5.11. The molecular formula is C24H18Cl2N4O2S. The quantitative estimate of drug-likeness (QED) is 0.171. The summed E-state index contributed by atoms with van der Waals surface area (Å²) in [4.78, 5) is 30.3. The lowest BCUT2D eigenvalue weighted by Crippen LogP contribution is -2.24. The van der Waals surface area contributed by atoms with Gasteiger partial charge in [-0.25, -0.2) is 10.4 Å². The van der Waals surface area contributed by atoms with Crippen LogP contribution in [0.4, 0.5) is 0 Å². The van der Waals surface area contributed by atoms with Crippen molar-refractivity contribution in [2.75, 3.05) is 5.75 Å². The first kappa shape index (κ1) is 23.0. The number of para-hydroxylation sites is 2. The molecule has 0 aliphatic heterocycles. The van der Waals surface area contributed by atoms with E-state index >= 15 is 0 Å². The van der Waals surface area contributed by atoms with Gasteiger partial charge in [0, 0.05) is 5.56 Å². The number of amides is 1. The number of carbonyl (C=O) groups excluding carboxylic acids is 1. The molecular weight excluding hydrogens is 479 g/mol. The molecule has 0 unspecified atom stereocenters. The van der Waals surface area contributed by atoms with Gasteiger partial charge in [0.1, 0.15) is 0 Å². The van der Waals surface area contributed by atoms with E-state index in [9.17, 15) is 9.59 Å². The van der Waals surface area contributed by atoms with Crippen LogP contribution in [0.15, 0.2) is 81.8 Å². The molecule has 0 radical (unpaired) electrons. The van der Waals surface area contributed by atoms with E-state index < -0.39 is 0 Å². The topological polar surface area (TPSA) is 76.3 Å². The zero-order chi connectivity index (χ0) is 23.4. The number of thioether (sulfide) groups is 1. The molecule has 0 aliphatic carbocycles. The maximum absolute atomic E-state index is 13.3. The van der Waals surface area contributed by atoms with Gasteiger partial charge in [0.2, 0.25) is 0 Å². The molecule has 0 saturated heterocycles. The van der Waals surface area contributed by atoms with Crippen LogP contribution in [0.2, 0.25) is 10.0 Å². The van der Waals surface area contributed by atoms with Crippen LogP contribution in [0.3, 0.4) is 0 Å². The standard InChI is InChI=1S/C24H18Cl2N4O2S/c1-15-7-2-5-12-20(15)30-23(32)17-9-3-4-11-19(17)28-24(30)33-14-21(31)29-27-13-16-8-6-10-18(25)22(16)26/h2-13H,14H2,1H3,(H,29,31)/b27-13+. The van der Waals surface area contributed by atoms with Gasteiger partial charge >= 0.3 is 0 Å². The van der Waals surface area contributed by atoms with Gasteiger partial charge in [0.25, 0.3) is 11.5 Å². The molecule has 0 fully saturated rings. The number of fused-ring (bicyclic) bond motifs is 1. The average molecular weight is 497 g/mol. The number of aromatic nitrogens is 2. The minimum Gasteiger partial charge on any atom is -0.272 e. The van der Waals surface area contributed by atoms with E-state index in [0.29, 0.717) is 31.7 Å². The number of hydrazone groups is 1. The normalized spacial score (nSPS) is 11.2. The van der Waals surface area contributed by atoms with Gasteiger partial charge in [-0.1, -0.05) is 77.4 Å². The second-order valence-electron chi connectivity index (χ2n) is 7.06. The Hall–Kier alpha value is -3.13. The molecule has 0 aliphatic rings. The first-order valence-corrected chi connectivity index (χ1v) is 11.7. The molecule has 4 rings (SSSR count). The predicted molar refractivity (Wildman–Crippen MR) is 135 cm³/mol. The summed E-state index contributed by atoms with van der Waals surface area (Å²) in [6, 6.07) is 19.8. The van der Waals surface area contributed by atoms with Crippen molar-refractivity contribution in [2.24, 2.45) is 5.10 Å². The zero-order valence-corrected chi connectivity index (χ0v) is 19.8. The van der Waals surface area contributed by atoms with Gasteiger partial charge in [-0.2, -0.15) is 5.10 Å². The van der Waals surface area contributed by atoms with Crippen LogP contribution < -0.4 is 11.0 Å². The molecule has 4 aromatic rings. The van der Waals surface area contributed by atoms with Crippen LogP contribution in [0.5, 0.6) is 0 Å². The van der Waals surface area contributed by atoms with E-state index in [1.165, 1.54) is 6.21 Å². The van der Waals surface area contributed by atoms with E-state index in [0.717, 1.165) is 23.0 Å². The minimum atomic E-state index is -0.354. The van der Waals surface area contributed by atoms with Crippen LogP contribution in [0, 0.1) is 6.92 Å². The van der Waals surface area contributed by atoms with Gasteiger partial charge in [-0.3, -0.25) is 14.2 Å². The number of hydrogen-bond donors (Lipinski definition) is 1. The molecule has 0 atom stereocenters. The first-order valence-electron chi connectivity index (χ1n) is 9.92. The van der Waals surface area contributed by atoms with Crippen molar-refractivity contribution in [1.29, 1.82) is 0 Å². The molecule has 1 N–H and O–H groups in total. The van der Waals surface area contributed by atoms with Crippen molar-refractivity contribution in [3.05, 3.63) is 98.3 Å². The Morgan fingerprint density at radius 1 is 1.09 bits per heavy atom. The highest BCUT2D eigenvalue weighted by Crippen LogP contribution is 2.24. The number of benzene rings is 3. The Morgan fingerprint density at radius 2 is 1.85 bits per heavy atom. The molecule has 1 aromatic heterocycles. The largest absolute Gasteiger partial charge is 0.272 e. The van der Waals surface area contributed by atoms with E-state index in [-0.39, 0.29) is 17.2 Å². The summed E-state index contributed by atoms with van der Waals surface area (Å²) in [5.74, 6) is -0.342. The molecule has 0 saturated carbocycles. The zero-order valence-electron chi connectivity index (χ0n) is 17.5. The maximum atomic E-state index is 13.3. The summed E-state index contributed by atoms with van der Waals surface area (Å²) >= 11 is 13.3. The van der Waals surface area contributed by atoms with Crippen LogP contribution in [0.25, 0.3) is 16.6 Å². The molecule has 1 amide bonds. The van der Waals surface area contributed by atoms with Crippen LogP contribution in [-0.4, -0.2) is 27.4 Å². The molecule has 3 aromatic carbocycles. The fourth-order valence-electron chi connectivity index (χ4n) is 3.19. The Kier molecular flexibility index (Phi) is 7.13. The van der Waals surface area contributed by atoms with Crippen LogP contribution in [0.1, 0.15) is 11.1 Å². The van der Waals surface area contributed by atoms with Crippen molar-refractivity contribution in [2.45, 2.75) is 12.1 Å². The molecule has 0 spiro atoms. The maximum Gasteiger partial charge on any atom is 0.266 e. The number of carbonyl (C=O) groups is 1. The van der Waals surface area contributed by atoms with E-state index in [2.05, 4.69) is 15.5 Å². The molecule has 1 heterocycles. The Labute approximate surface area is 204 Å². The number of hydrogen-bond acceptors (Lipinski definition) is 5. The lowest BCUT2D eigenvalue weighted by atomic mass is 10.2. The summed E-state index contributed by atoms with van der Waals surface area (Å²) in [5.41, 5.74) is 5.07. The number of aryl methyl sites for hydroxylation is 1. The Morgan fingerprint density at radius 3 is 2.67 bits per heavy atom. The Bertz CT molecular complexity index is 1440. The summed E-state index contributed by atoms with van der Waals surface area (Å²) in [6.45, 7) is 1.92. The molecule has 0 bridgehead atoms. The molecule has 33 heavy (non-hydrogen) atoms. The van der Waals surface area contributed by atoms with Gasteiger partial charge in [0.05, 0.1) is 38.6 Å². The number of rotatable bonds is 6. The lowest BCUT2D eigenvalue weighted by molar-refractivity contribution is -0.118. The summed E-state index contributed by atoms with van der Waals surface area (Å²) in [6.07, 6.45) is 1.42. The van der Waals surface area contributed by atoms with Gasteiger partial charge < -0.3 is 0 Å². The van der Waals surface area contributed by atoms with Gasteiger partial charge in [0.15, 0.2) is 5.16 Å². The smallest absolute Gasteiger partial charge is 0.266 e. The summed E-state index contributed by atoms with van der Waals surface area (Å²) in [5, 5.41) is 5.64. The highest BCUT2D eigenvalue weighted by Gasteiger charge is 2.15. The third-order valence-corrected chi connectivity index (χ3v) is 6.58. The van der Waals surface area contributed by atoms with Gasteiger partial charge in [-0.15, -0.1) is 0 Å². The fraction of sp³-hybridized carbons (Fsp3) is 0.0833. The molecule has 9 heteroatoms. The van der Waals surface area contributed by atoms with Crippen molar-refractivity contribution in [3.8, 4) is 5.69 Å². The molecule has 6 nitrogen and oxygen atoms in total. The summed E-state index contributed by atoms with van der Waals surface area (Å²) in [7, 11) is 0. The number of halogens is 2. The molecule has 166 valence electrons. The highest BCUT2D eigenvalue weighted by atomic mass is 35.5. The number of nitrogens with one attached hydrogen (secondary N) is 1. The van der Waals surface area contributed by atoms with Gasteiger partial charge in [-0.05, 0) is 36.8 Å². The second kappa shape index (κ2) is 10.2. The van der Waals surface area contributed by atoms with E-state index in [1.807, 2.05) is 37.3 Å². The highest BCUT2D eigenvalue weighted by molar-refractivity contribution is 7.99. The van der Waals surface area contributed by atoms with Crippen molar-refractivity contribution >= 4 is 58.0 Å². The first-order chi connectivity index (χ1) is 16.0. The fourth-order valence-corrected chi connectivity index (χ4v) is 4.35. The third-order valence-electron chi connectivity index (χ3n) is 4.81. The lowest BCUT2D eigenvalue weighted by Gasteiger charge is -2.14. The van der Waals surface area contributed by atoms with Crippen LogP contribution in [-0.2, 0) is 4.79 Å². The van der Waals surface area contributed by atoms with E-state index in [4.69, 9.17) is 23.2 Å². The van der Waals surface area contributed by atoms with Crippen molar-refractivity contribution in [1.82, 2.24) is 15.0 Å². The van der Waals surface area contributed by atoms with Crippen molar-refractivity contribution < 1.29 is 4.79 Å². The monoisotopic (exact) mass is 496 g/mol. The Balaban J connectivity index is 1.58. The predicted octanol–water partition coefficient (Wildman–Crippen LogP) is 5.24. The van der Waals surface area contributed by atoms with Crippen LogP contribution >= 0.6 is 35.0 Å². The van der Waals surface area contributed by atoms with E-state index in [1.54, 1.807) is 41.0 Å². The summed E-state index contributed by atoms with van der Waals surface area (Å²) < 4.78 is 1.55. The SMILES string of the molecule is Cc1ccccc1-n1c(SCC(=O)N/N=C/c2cccc(Cl)c2Cl)nc2ccccc2c1=O. The van der Waals surface area contributed by atoms with Crippen molar-refractivity contribution in [3.63, 3.8) is 0 Å². The second-order valence-corrected chi connectivity index (χ2v) is 8.79. The minimum absolute atomic E-state index is 0.0112.